The van der Waals surface area contributed by atoms with Gasteiger partial charge in [-0.2, -0.15) is 0 Å². The largest absolute Gasteiger partial charge is 0.331 e. The lowest BCUT2D eigenvalue weighted by molar-refractivity contribution is 0.225. The molecule has 0 radical (unpaired) electrons. The summed E-state index contributed by atoms with van der Waals surface area (Å²) >= 11 is 15.4. The molecule has 0 aromatic heterocycles. The maximum Gasteiger partial charge on any atom is 0.286 e. The number of halogens is 4. The number of hydrogen-bond donors (Lipinski definition) is 0. The Morgan fingerprint density at radius 3 is 2.17 bits per heavy atom. The number of thioether (sulfide) groups is 1. The number of carbonyl (C=O) groups excluding carboxylic acids is 1. The summed E-state index contributed by atoms with van der Waals surface area (Å²) in [5.74, 6) is 0. The molecule has 2 aromatic rings. The van der Waals surface area contributed by atoms with E-state index in [1.807, 2.05) is 29.2 Å². The van der Waals surface area contributed by atoms with E-state index in [0.717, 1.165) is 26.3 Å². The summed E-state index contributed by atoms with van der Waals surface area (Å²) < 4.78 is 0. The van der Waals surface area contributed by atoms with Crippen LogP contribution in [0.5, 0.6) is 0 Å². The van der Waals surface area contributed by atoms with Gasteiger partial charge in [0.2, 0.25) is 0 Å². The summed E-state index contributed by atoms with van der Waals surface area (Å²) in [7, 11) is 0. The fourth-order valence-corrected chi connectivity index (χ4v) is 4.26. The highest BCUT2D eigenvalue weighted by Gasteiger charge is 2.21. The number of carbonyl (C=O) groups is 1. The second-order valence-corrected chi connectivity index (χ2v) is 10.1. The van der Waals surface area contributed by atoms with E-state index in [1.165, 1.54) is 11.8 Å². The van der Waals surface area contributed by atoms with Gasteiger partial charge in [0, 0.05) is 38.3 Å². The summed E-state index contributed by atoms with van der Waals surface area (Å²) in [6, 6.07) is 14.2. The average molecular weight is 603 g/mol. The van der Waals surface area contributed by atoms with E-state index in [-0.39, 0.29) is 14.9 Å². The summed E-state index contributed by atoms with van der Waals surface area (Å²) in [5.41, 5.74) is 0. The molecule has 0 aliphatic rings. The van der Waals surface area contributed by atoms with Crippen molar-refractivity contribution in [3.05, 3.63) is 42.5 Å². The molecule has 0 saturated heterocycles. The molecule has 0 aliphatic carbocycles. The number of fused-ring (bicyclic) bond motifs is 1. The van der Waals surface area contributed by atoms with Gasteiger partial charge >= 0.3 is 0 Å². The van der Waals surface area contributed by atoms with E-state index >= 15 is 0 Å². The first-order valence-electron chi connectivity index (χ1n) is 7.39. The fourth-order valence-electron chi connectivity index (χ4n) is 2.24. The molecule has 0 bridgehead atoms. The predicted octanol–water partition coefficient (Wildman–Crippen LogP) is 6.67. The molecule has 2 nitrogen and oxygen atoms in total. The topological polar surface area (TPSA) is 20.3 Å². The first-order chi connectivity index (χ1) is 11.5. The molecule has 0 heterocycles. The van der Waals surface area contributed by atoms with Crippen molar-refractivity contribution in [2.45, 2.75) is 14.5 Å². The average Bonchev–Trinajstić information content (AvgIpc) is 2.61. The Morgan fingerprint density at radius 2 is 1.54 bits per heavy atom. The molecule has 0 spiro atoms. The molecule has 7 heteroatoms. The summed E-state index contributed by atoms with van der Waals surface area (Å²) in [4.78, 5) is 16.2. The third-order valence-corrected chi connectivity index (χ3v) is 8.91. The van der Waals surface area contributed by atoms with Gasteiger partial charge in [0.15, 0.2) is 0 Å². The number of alkyl halides is 4. The third-order valence-electron chi connectivity index (χ3n) is 3.38. The second-order valence-electron chi connectivity index (χ2n) is 5.25. The quantitative estimate of drug-likeness (QED) is 0.261. The van der Waals surface area contributed by atoms with Gasteiger partial charge in [-0.3, -0.25) is 4.79 Å². The Labute approximate surface area is 180 Å². The molecular formula is C17H17Br4NOS. The molecule has 24 heavy (non-hydrogen) atoms. The van der Waals surface area contributed by atoms with Gasteiger partial charge < -0.3 is 4.90 Å². The van der Waals surface area contributed by atoms with Crippen molar-refractivity contribution in [1.29, 1.82) is 0 Å². The van der Waals surface area contributed by atoms with Gasteiger partial charge in [0.05, 0.1) is 0 Å². The highest BCUT2D eigenvalue weighted by Crippen LogP contribution is 2.30. The Balaban J connectivity index is 2.18. The zero-order valence-electron chi connectivity index (χ0n) is 12.8. The zero-order chi connectivity index (χ0) is 17.5. The molecule has 1 amide bonds. The lowest BCUT2D eigenvalue weighted by atomic mass is 10.1. The van der Waals surface area contributed by atoms with Gasteiger partial charge in [-0.05, 0) is 28.6 Å². The van der Waals surface area contributed by atoms with Crippen molar-refractivity contribution in [2.75, 3.05) is 23.7 Å². The van der Waals surface area contributed by atoms with Crippen LogP contribution < -0.4 is 0 Å². The van der Waals surface area contributed by atoms with Crippen LogP contribution in [0.1, 0.15) is 0 Å². The molecule has 0 saturated carbocycles. The van der Waals surface area contributed by atoms with Crippen LogP contribution in [0.15, 0.2) is 47.4 Å². The molecule has 2 rings (SSSR count). The Morgan fingerprint density at radius 1 is 0.958 bits per heavy atom. The van der Waals surface area contributed by atoms with Crippen LogP contribution >= 0.6 is 75.5 Å². The van der Waals surface area contributed by atoms with Gasteiger partial charge in [0.1, 0.15) is 0 Å². The Kier molecular flexibility index (Phi) is 9.13. The fraction of sp³-hybridized carbons (Fsp3) is 0.353. The number of nitrogens with zero attached hydrogens (tertiary/aromatic N) is 1. The van der Waals surface area contributed by atoms with Crippen molar-refractivity contribution >= 4 is 91.5 Å². The van der Waals surface area contributed by atoms with Crippen LogP contribution in [0, 0.1) is 0 Å². The minimum Gasteiger partial charge on any atom is -0.331 e. The number of benzene rings is 2. The smallest absolute Gasteiger partial charge is 0.286 e. The van der Waals surface area contributed by atoms with Crippen LogP contribution in [0.2, 0.25) is 0 Å². The Hall–Kier alpha value is 0.440. The molecule has 0 N–H and O–H groups in total. The number of rotatable bonds is 7. The maximum atomic E-state index is 12.9. The third kappa shape index (κ3) is 6.01. The van der Waals surface area contributed by atoms with E-state index in [1.54, 1.807) is 0 Å². The lowest BCUT2D eigenvalue weighted by Crippen LogP contribution is -2.38. The van der Waals surface area contributed by atoms with Crippen molar-refractivity contribution in [3.8, 4) is 0 Å². The minimum absolute atomic E-state index is 0.0714. The number of amides is 1. The highest BCUT2D eigenvalue weighted by molar-refractivity contribution is 9.12. The lowest BCUT2D eigenvalue weighted by Gasteiger charge is -2.26. The molecule has 2 atom stereocenters. The van der Waals surface area contributed by atoms with Crippen molar-refractivity contribution in [1.82, 2.24) is 4.90 Å². The van der Waals surface area contributed by atoms with E-state index in [4.69, 9.17) is 0 Å². The van der Waals surface area contributed by atoms with Crippen molar-refractivity contribution < 1.29 is 4.79 Å². The zero-order valence-corrected chi connectivity index (χ0v) is 20.0. The monoisotopic (exact) mass is 599 g/mol. The van der Waals surface area contributed by atoms with Crippen LogP contribution in [0.3, 0.4) is 0 Å². The standard InChI is InChI=1S/C17H17Br4NOS/c18-8-13(20)10-22(11-14(21)9-19)17(23)24-16-7-3-5-12-4-1-2-6-15(12)16/h1-7,13-14H,8-11H2. The van der Waals surface area contributed by atoms with E-state index in [9.17, 15) is 4.79 Å². The molecule has 0 fully saturated rings. The van der Waals surface area contributed by atoms with Gasteiger partial charge in [-0.25, -0.2) is 0 Å². The summed E-state index contributed by atoms with van der Waals surface area (Å²) in [6.07, 6.45) is 0. The molecule has 2 unspecified atom stereocenters. The summed E-state index contributed by atoms with van der Waals surface area (Å²) in [6.45, 7) is 1.33. The van der Waals surface area contributed by atoms with E-state index in [2.05, 4.69) is 81.9 Å². The first-order valence-corrected chi connectivity index (χ1v) is 12.3. The van der Waals surface area contributed by atoms with Crippen molar-refractivity contribution in [3.63, 3.8) is 0 Å². The van der Waals surface area contributed by atoms with Gasteiger partial charge in [-0.15, -0.1) is 0 Å². The second kappa shape index (κ2) is 10.6. The van der Waals surface area contributed by atoms with Gasteiger partial charge in [-0.1, -0.05) is 100 Å². The van der Waals surface area contributed by atoms with Crippen LogP contribution in [-0.4, -0.2) is 43.5 Å². The predicted molar refractivity (Wildman–Crippen MR) is 120 cm³/mol. The Bertz CT molecular complexity index is 667. The van der Waals surface area contributed by atoms with Crippen LogP contribution in [0.4, 0.5) is 4.79 Å². The molecule has 130 valence electrons. The van der Waals surface area contributed by atoms with E-state index in [0.29, 0.717) is 13.1 Å². The molecule has 2 aromatic carbocycles. The molecular weight excluding hydrogens is 586 g/mol. The van der Waals surface area contributed by atoms with Crippen LogP contribution in [0.25, 0.3) is 10.8 Å². The minimum atomic E-state index is 0.0714. The van der Waals surface area contributed by atoms with Gasteiger partial charge in [0.25, 0.3) is 5.24 Å². The first kappa shape index (κ1) is 20.7. The maximum absolute atomic E-state index is 12.9. The van der Waals surface area contributed by atoms with Crippen LogP contribution in [-0.2, 0) is 0 Å². The molecule has 0 aliphatic heterocycles. The van der Waals surface area contributed by atoms with Crippen molar-refractivity contribution in [2.24, 2.45) is 0 Å². The highest BCUT2D eigenvalue weighted by atomic mass is 79.9. The SMILES string of the molecule is O=C(Sc1cccc2ccccc12)N(CC(Br)CBr)CC(Br)CBr. The normalized spacial score (nSPS) is 13.7. The summed E-state index contributed by atoms with van der Waals surface area (Å²) in [5, 5.41) is 3.94. The number of hydrogen-bond acceptors (Lipinski definition) is 2. The van der Waals surface area contributed by atoms with E-state index < -0.39 is 0 Å².